The van der Waals surface area contributed by atoms with Gasteiger partial charge in [-0.15, -0.1) is 11.3 Å². The molecule has 92 valence electrons. The normalized spacial score (nSPS) is 15.4. The van der Waals surface area contributed by atoms with Gasteiger partial charge in [-0.1, -0.05) is 13.8 Å². The highest BCUT2D eigenvalue weighted by Gasteiger charge is 2.12. The minimum Gasteiger partial charge on any atom is -0.306 e. The zero-order valence-electron chi connectivity index (χ0n) is 11.1. The fraction of sp³-hybridized carbons (Fsp3) is 0.769. The molecule has 1 aromatic rings. The molecule has 1 rings (SSSR count). The fourth-order valence-corrected chi connectivity index (χ4v) is 2.52. The molecule has 1 heterocycles. The van der Waals surface area contributed by atoms with Gasteiger partial charge in [0.15, 0.2) is 0 Å². The van der Waals surface area contributed by atoms with Gasteiger partial charge < -0.3 is 5.32 Å². The fourth-order valence-electron chi connectivity index (χ4n) is 1.74. The largest absolute Gasteiger partial charge is 0.306 e. The number of hydrogen-bond donors (Lipinski definition) is 1. The zero-order chi connectivity index (χ0) is 12.1. The van der Waals surface area contributed by atoms with Crippen LogP contribution in [0.4, 0.5) is 0 Å². The summed E-state index contributed by atoms with van der Waals surface area (Å²) >= 11 is 1.79. The molecule has 2 unspecified atom stereocenters. The second-order valence-corrected chi connectivity index (χ2v) is 6.34. The van der Waals surface area contributed by atoms with E-state index in [0.29, 0.717) is 12.1 Å². The van der Waals surface area contributed by atoms with Gasteiger partial charge in [0.2, 0.25) is 0 Å². The molecule has 0 amide bonds. The first-order valence-corrected chi connectivity index (χ1v) is 6.99. The SMILES string of the molecule is Cc1cnc(C(C)NC(C)CCC(C)C)s1. The van der Waals surface area contributed by atoms with Gasteiger partial charge in [0, 0.05) is 17.1 Å². The highest BCUT2D eigenvalue weighted by molar-refractivity contribution is 7.11. The van der Waals surface area contributed by atoms with Crippen LogP contribution in [0.3, 0.4) is 0 Å². The van der Waals surface area contributed by atoms with E-state index in [0.717, 1.165) is 5.92 Å². The average Bonchev–Trinajstić information content (AvgIpc) is 2.62. The lowest BCUT2D eigenvalue weighted by Gasteiger charge is -2.19. The van der Waals surface area contributed by atoms with E-state index in [-0.39, 0.29) is 0 Å². The number of aryl methyl sites for hydroxylation is 1. The van der Waals surface area contributed by atoms with Crippen LogP contribution in [-0.2, 0) is 0 Å². The molecule has 1 N–H and O–H groups in total. The van der Waals surface area contributed by atoms with Gasteiger partial charge in [0.1, 0.15) is 5.01 Å². The third-order valence-electron chi connectivity index (χ3n) is 2.72. The highest BCUT2D eigenvalue weighted by atomic mass is 32.1. The smallest absolute Gasteiger partial charge is 0.109 e. The molecular weight excluding hydrogens is 216 g/mol. The van der Waals surface area contributed by atoms with Gasteiger partial charge in [0.05, 0.1) is 6.04 Å². The van der Waals surface area contributed by atoms with Crippen molar-refractivity contribution >= 4 is 11.3 Å². The van der Waals surface area contributed by atoms with Crippen LogP contribution in [0, 0.1) is 12.8 Å². The maximum Gasteiger partial charge on any atom is 0.109 e. The molecule has 1 aromatic heterocycles. The van der Waals surface area contributed by atoms with Gasteiger partial charge in [-0.25, -0.2) is 4.98 Å². The molecule has 2 atom stereocenters. The summed E-state index contributed by atoms with van der Waals surface area (Å²) in [5, 5.41) is 4.82. The summed E-state index contributed by atoms with van der Waals surface area (Å²) in [6, 6.07) is 0.947. The maximum absolute atomic E-state index is 4.42. The van der Waals surface area contributed by atoms with Crippen LogP contribution in [0.1, 0.15) is 56.5 Å². The summed E-state index contributed by atoms with van der Waals surface area (Å²) in [7, 11) is 0. The Kier molecular flexibility index (Phi) is 5.42. The number of thiazole rings is 1. The van der Waals surface area contributed by atoms with Crippen molar-refractivity contribution in [3.8, 4) is 0 Å². The molecule has 3 heteroatoms. The summed E-state index contributed by atoms with van der Waals surface area (Å²) in [4.78, 5) is 5.71. The van der Waals surface area contributed by atoms with Crippen LogP contribution in [0.2, 0.25) is 0 Å². The first kappa shape index (κ1) is 13.7. The van der Waals surface area contributed by atoms with E-state index in [1.807, 2.05) is 6.20 Å². The predicted molar refractivity (Wildman–Crippen MR) is 71.9 cm³/mol. The Bertz CT molecular complexity index is 307. The van der Waals surface area contributed by atoms with Crippen molar-refractivity contribution < 1.29 is 0 Å². The molecule has 0 aliphatic heterocycles. The van der Waals surface area contributed by atoms with Crippen molar-refractivity contribution in [2.45, 2.75) is 59.5 Å². The lowest BCUT2D eigenvalue weighted by atomic mass is 10.0. The van der Waals surface area contributed by atoms with E-state index < -0.39 is 0 Å². The topological polar surface area (TPSA) is 24.9 Å². The second kappa shape index (κ2) is 6.36. The Hall–Kier alpha value is -0.410. The van der Waals surface area contributed by atoms with Gasteiger partial charge >= 0.3 is 0 Å². The number of hydrogen-bond acceptors (Lipinski definition) is 3. The van der Waals surface area contributed by atoms with Crippen LogP contribution < -0.4 is 5.32 Å². The summed E-state index contributed by atoms with van der Waals surface area (Å²) in [6.07, 6.45) is 4.49. The molecule has 0 aliphatic rings. The first-order chi connectivity index (χ1) is 7.49. The van der Waals surface area contributed by atoms with Crippen molar-refractivity contribution in [3.05, 3.63) is 16.1 Å². The van der Waals surface area contributed by atoms with Gasteiger partial charge in [0.25, 0.3) is 0 Å². The van der Waals surface area contributed by atoms with Crippen molar-refractivity contribution in [2.75, 3.05) is 0 Å². The molecule has 0 spiro atoms. The summed E-state index contributed by atoms with van der Waals surface area (Å²) in [5.41, 5.74) is 0. The monoisotopic (exact) mass is 240 g/mol. The van der Waals surface area contributed by atoms with Crippen molar-refractivity contribution in [1.29, 1.82) is 0 Å². The van der Waals surface area contributed by atoms with Crippen molar-refractivity contribution in [1.82, 2.24) is 10.3 Å². The number of nitrogens with one attached hydrogen (secondary N) is 1. The van der Waals surface area contributed by atoms with Gasteiger partial charge in [-0.3, -0.25) is 0 Å². The third-order valence-corrected chi connectivity index (χ3v) is 3.82. The minimum atomic E-state index is 0.376. The van der Waals surface area contributed by atoms with Crippen LogP contribution in [0.5, 0.6) is 0 Å². The molecule has 2 nitrogen and oxygen atoms in total. The third kappa shape index (κ3) is 4.62. The van der Waals surface area contributed by atoms with Crippen LogP contribution in [0.15, 0.2) is 6.20 Å². The summed E-state index contributed by atoms with van der Waals surface area (Å²) in [6.45, 7) is 11.1. The highest BCUT2D eigenvalue weighted by Crippen LogP contribution is 2.20. The molecule has 0 aromatic carbocycles. The van der Waals surface area contributed by atoms with Crippen molar-refractivity contribution in [3.63, 3.8) is 0 Å². The lowest BCUT2D eigenvalue weighted by molar-refractivity contribution is 0.416. The Morgan fingerprint density at radius 2 is 1.94 bits per heavy atom. The summed E-state index contributed by atoms with van der Waals surface area (Å²) in [5.74, 6) is 0.793. The maximum atomic E-state index is 4.42. The lowest BCUT2D eigenvalue weighted by Crippen LogP contribution is -2.29. The van der Waals surface area contributed by atoms with E-state index in [9.17, 15) is 0 Å². The Morgan fingerprint density at radius 3 is 2.44 bits per heavy atom. The number of aromatic nitrogens is 1. The van der Waals surface area contributed by atoms with Crippen LogP contribution in [0.25, 0.3) is 0 Å². The molecule has 0 saturated heterocycles. The van der Waals surface area contributed by atoms with Gasteiger partial charge in [-0.2, -0.15) is 0 Å². The molecule has 0 saturated carbocycles. The van der Waals surface area contributed by atoms with Crippen LogP contribution in [-0.4, -0.2) is 11.0 Å². The minimum absolute atomic E-state index is 0.376. The van der Waals surface area contributed by atoms with Crippen LogP contribution >= 0.6 is 11.3 Å². The Balaban J connectivity index is 2.36. The first-order valence-electron chi connectivity index (χ1n) is 6.17. The van der Waals surface area contributed by atoms with Crippen molar-refractivity contribution in [2.24, 2.45) is 5.92 Å². The predicted octanol–water partition coefficient (Wildman–Crippen LogP) is 3.93. The van der Waals surface area contributed by atoms with E-state index in [1.54, 1.807) is 11.3 Å². The second-order valence-electron chi connectivity index (χ2n) is 5.07. The Labute approximate surface area is 103 Å². The molecule has 0 fully saturated rings. The average molecular weight is 240 g/mol. The molecule has 0 bridgehead atoms. The van der Waals surface area contributed by atoms with E-state index >= 15 is 0 Å². The number of nitrogens with zero attached hydrogens (tertiary/aromatic N) is 1. The number of rotatable bonds is 6. The van der Waals surface area contributed by atoms with E-state index in [4.69, 9.17) is 0 Å². The summed E-state index contributed by atoms with van der Waals surface area (Å²) < 4.78 is 0. The van der Waals surface area contributed by atoms with E-state index in [2.05, 4.69) is 44.9 Å². The quantitative estimate of drug-likeness (QED) is 0.815. The molecule has 0 radical (unpaired) electrons. The molecular formula is C13H24N2S. The standard InChI is InChI=1S/C13H24N2S/c1-9(2)6-7-10(3)15-12(5)13-14-8-11(4)16-13/h8-10,12,15H,6-7H2,1-5H3. The molecule has 0 aliphatic carbocycles. The molecule has 16 heavy (non-hydrogen) atoms. The van der Waals surface area contributed by atoms with E-state index in [1.165, 1.54) is 22.7 Å². The zero-order valence-corrected chi connectivity index (χ0v) is 11.9. The Morgan fingerprint density at radius 1 is 1.25 bits per heavy atom. The van der Waals surface area contributed by atoms with Gasteiger partial charge in [-0.05, 0) is 39.5 Å².